The molecule has 0 fully saturated rings. The summed E-state index contributed by atoms with van der Waals surface area (Å²) in [5.74, 6) is 2.63. The maximum Gasteiger partial charge on any atom is 0.214 e. The van der Waals surface area contributed by atoms with Gasteiger partial charge in [0.2, 0.25) is 4.77 Å². The van der Waals surface area contributed by atoms with Crippen molar-refractivity contribution in [2.24, 2.45) is 0 Å². The Kier molecular flexibility index (Phi) is 7.54. The molecule has 0 bridgehead atoms. The average Bonchev–Trinajstić information content (AvgIpc) is 3.22. The normalized spacial score (nSPS) is 10.7. The quantitative estimate of drug-likeness (QED) is 0.253. The van der Waals surface area contributed by atoms with E-state index < -0.39 is 0 Å². The molecule has 0 amide bonds. The van der Waals surface area contributed by atoms with Crippen LogP contribution in [0, 0.1) is 11.7 Å². The number of hydrogen-bond donors (Lipinski definition) is 2. The zero-order valence-corrected chi connectivity index (χ0v) is 21.5. The summed E-state index contributed by atoms with van der Waals surface area (Å²) in [5.41, 5.74) is 7.44. The fraction of sp³-hybridized carbons (Fsp3) is 0.200. The standard InChI is InChI=1S/C25H25BrN4O3S/c1-16-8-4-5-9-18(16)15-33-23-20(26)12-17(13-22(23)32-3)14-27-30-24(28-29-25(30)34)19-10-6-7-11-21(19)31-2/h4-13,27H,14-15H2,1-3H3,(H,29,34). The van der Waals surface area contributed by atoms with Crippen molar-refractivity contribution < 1.29 is 14.2 Å². The van der Waals surface area contributed by atoms with Gasteiger partial charge in [0, 0.05) is 0 Å². The van der Waals surface area contributed by atoms with Crippen LogP contribution in [0.5, 0.6) is 17.2 Å². The van der Waals surface area contributed by atoms with Gasteiger partial charge in [-0.05, 0) is 76.0 Å². The average molecular weight is 541 g/mol. The van der Waals surface area contributed by atoms with Gasteiger partial charge in [0.1, 0.15) is 12.4 Å². The third kappa shape index (κ3) is 5.10. The Bertz CT molecular complexity index is 1350. The smallest absolute Gasteiger partial charge is 0.214 e. The Balaban J connectivity index is 1.55. The molecule has 4 rings (SSSR count). The summed E-state index contributed by atoms with van der Waals surface area (Å²) in [6, 6.07) is 19.7. The predicted octanol–water partition coefficient (Wildman–Crippen LogP) is 6.02. The molecule has 1 aromatic heterocycles. The fourth-order valence-corrected chi connectivity index (χ4v) is 4.36. The number of nitrogens with zero attached hydrogens (tertiary/aromatic N) is 2. The number of nitrogens with one attached hydrogen (secondary N) is 2. The second-order valence-electron chi connectivity index (χ2n) is 7.55. The largest absolute Gasteiger partial charge is 0.496 e. The molecular weight excluding hydrogens is 516 g/mol. The molecule has 0 spiro atoms. The van der Waals surface area contributed by atoms with Crippen LogP contribution in [0.4, 0.5) is 0 Å². The zero-order valence-electron chi connectivity index (χ0n) is 19.1. The molecule has 2 N–H and O–H groups in total. The molecule has 0 saturated carbocycles. The van der Waals surface area contributed by atoms with E-state index in [1.807, 2.05) is 48.5 Å². The van der Waals surface area contributed by atoms with Crippen LogP contribution in [0.1, 0.15) is 16.7 Å². The Hall–Kier alpha value is -3.30. The molecular formula is C25H25BrN4O3S. The van der Waals surface area contributed by atoms with Gasteiger partial charge in [0.25, 0.3) is 0 Å². The zero-order chi connectivity index (χ0) is 24.1. The molecule has 3 aromatic carbocycles. The van der Waals surface area contributed by atoms with E-state index >= 15 is 0 Å². The van der Waals surface area contributed by atoms with Gasteiger partial charge in [-0.15, -0.1) is 0 Å². The molecule has 0 saturated heterocycles. The molecule has 4 aromatic rings. The number of aromatic amines is 1. The summed E-state index contributed by atoms with van der Waals surface area (Å²) in [6.45, 7) is 2.99. The lowest BCUT2D eigenvalue weighted by Gasteiger charge is -2.16. The molecule has 0 atom stereocenters. The van der Waals surface area contributed by atoms with Gasteiger partial charge < -0.3 is 19.6 Å². The first-order valence-corrected chi connectivity index (χ1v) is 11.8. The predicted molar refractivity (Wildman–Crippen MR) is 139 cm³/mol. The molecule has 1 heterocycles. The Morgan fingerprint density at radius 2 is 1.76 bits per heavy atom. The third-order valence-electron chi connectivity index (χ3n) is 5.38. The van der Waals surface area contributed by atoms with E-state index in [4.69, 9.17) is 26.4 Å². The fourth-order valence-electron chi connectivity index (χ4n) is 3.56. The van der Waals surface area contributed by atoms with E-state index in [2.05, 4.69) is 50.6 Å². The minimum absolute atomic E-state index is 0.449. The van der Waals surface area contributed by atoms with Gasteiger partial charge in [-0.1, -0.05) is 36.4 Å². The van der Waals surface area contributed by atoms with Gasteiger partial charge in [0.15, 0.2) is 17.3 Å². The van der Waals surface area contributed by atoms with Crippen molar-refractivity contribution in [1.29, 1.82) is 0 Å². The van der Waals surface area contributed by atoms with E-state index in [1.165, 1.54) is 5.56 Å². The number of halogens is 1. The third-order valence-corrected chi connectivity index (χ3v) is 6.25. The number of aryl methyl sites for hydroxylation is 1. The highest BCUT2D eigenvalue weighted by Crippen LogP contribution is 2.37. The molecule has 176 valence electrons. The second-order valence-corrected chi connectivity index (χ2v) is 8.79. The number of hydrogen-bond acceptors (Lipinski definition) is 6. The minimum atomic E-state index is 0.449. The first-order valence-electron chi connectivity index (χ1n) is 10.6. The first kappa shape index (κ1) is 23.8. The number of benzene rings is 3. The maximum atomic E-state index is 6.11. The van der Waals surface area contributed by atoms with Crippen molar-refractivity contribution in [3.05, 3.63) is 86.6 Å². The lowest BCUT2D eigenvalue weighted by Crippen LogP contribution is -2.16. The van der Waals surface area contributed by atoms with Crippen molar-refractivity contribution in [3.63, 3.8) is 0 Å². The minimum Gasteiger partial charge on any atom is -0.496 e. The number of H-pyrrole nitrogens is 1. The molecule has 0 aliphatic carbocycles. The van der Waals surface area contributed by atoms with E-state index in [0.717, 1.165) is 21.2 Å². The molecule has 0 aliphatic rings. The summed E-state index contributed by atoms with van der Waals surface area (Å²) >= 11 is 9.08. The topological polar surface area (TPSA) is 73.3 Å². The van der Waals surface area contributed by atoms with Crippen LogP contribution >= 0.6 is 28.1 Å². The molecule has 7 nitrogen and oxygen atoms in total. The van der Waals surface area contributed by atoms with Crippen LogP contribution in [0.2, 0.25) is 0 Å². The molecule has 0 radical (unpaired) electrons. The van der Waals surface area contributed by atoms with E-state index in [9.17, 15) is 0 Å². The Morgan fingerprint density at radius 1 is 1.03 bits per heavy atom. The van der Waals surface area contributed by atoms with Crippen molar-refractivity contribution in [3.8, 4) is 28.6 Å². The lowest BCUT2D eigenvalue weighted by molar-refractivity contribution is 0.282. The van der Waals surface area contributed by atoms with Gasteiger partial charge in [-0.3, -0.25) is 0 Å². The molecule has 34 heavy (non-hydrogen) atoms. The van der Waals surface area contributed by atoms with Crippen molar-refractivity contribution in [1.82, 2.24) is 14.9 Å². The van der Waals surface area contributed by atoms with Gasteiger partial charge >= 0.3 is 0 Å². The lowest BCUT2D eigenvalue weighted by atomic mass is 10.1. The van der Waals surface area contributed by atoms with Crippen LogP contribution in [-0.2, 0) is 13.2 Å². The summed E-state index contributed by atoms with van der Waals surface area (Å²) in [6.07, 6.45) is 0. The van der Waals surface area contributed by atoms with Crippen molar-refractivity contribution in [2.75, 3.05) is 19.6 Å². The van der Waals surface area contributed by atoms with Crippen molar-refractivity contribution >= 4 is 28.1 Å². The maximum absolute atomic E-state index is 6.11. The second kappa shape index (κ2) is 10.8. The number of ether oxygens (including phenoxy) is 3. The van der Waals surface area contributed by atoms with E-state index in [0.29, 0.717) is 41.0 Å². The van der Waals surface area contributed by atoms with Gasteiger partial charge in [-0.2, -0.15) is 5.10 Å². The van der Waals surface area contributed by atoms with Gasteiger partial charge in [0.05, 0.1) is 30.8 Å². The number of rotatable bonds is 9. The van der Waals surface area contributed by atoms with Gasteiger partial charge in [-0.25, -0.2) is 9.77 Å². The summed E-state index contributed by atoms with van der Waals surface area (Å²) in [4.78, 5) is 0. The molecule has 0 unspecified atom stereocenters. The van der Waals surface area contributed by atoms with Crippen LogP contribution in [-0.4, -0.2) is 29.1 Å². The Labute approximate surface area is 211 Å². The summed E-state index contributed by atoms with van der Waals surface area (Å²) in [5, 5.41) is 7.23. The van der Waals surface area contributed by atoms with Crippen molar-refractivity contribution in [2.45, 2.75) is 20.1 Å². The van der Waals surface area contributed by atoms with E-state index in [-0.39, 0.29) is 0 Å². The highest BCUT2D eigenvalue weighted by molar-refractivity contribution is 9.10. The number of methoxy groups -OCH3 is 2. The van der Waals surface area contributed by atoms with Crippen LogP contribution in [0.3, 0.4) is 0 Å². The first-order chi connectivity index (χ1) is 16.5. The summed E-state index contributed by atoms with van der Waals surface area (Å²) in [7, 11) is 3.26. The molecule has 9 heteroatoms. The monoisotopic (exact) mass is 540 g/mol. The highest BCUT2D eigenvalue weighted by Gasteiger charge is 2.15. The SMILES string of the molecule is COc1ccccc1-c1n[nH]c(=S)n1NCc1cc(Br)c(OCc2ccccc2C)c(OC)c1. The van der Waals surface area contributed by atoms with Crippen LogP contribution in [0.25, 0.3) is 11.4 Å². The van der Waals surface area contributed by atoms with Crippen LogP contribution in [0.15, 0.2) is 65.1 Å². The highest BCUT2D eigenvalue weighted by atomic mass is 79.9. The van der Waals surface area contributed by atoms with E-state index in [1.54, 1.807) is 18.9 Å². The van der Waals surface area contributed by atoms with Crippen LogP contribution < -0.4 is 19.6 Å². The number of aromatic nitrogens is 3. The number of para-hydroxylation sites is 1. The Morgan fingerprint density at radius 3 is 2.53 bits per heavy atom. The molecule has 0 aliphatic heterocycles. The summed E-state index contributed by atoms with van der Waals surface area (Å²) < 4.78 is 20.2.